The van der Waals surface area contributed by atoms with Crippen LogP contribution in [-0.2, 0) is 14.3 Å². The maximum Gasteiger partial charge on any atom is 0.305 e. The molecule has 0 bridgehead atoms. The van der Waals surface area contributed by atoms with E-state index in [2.05, 4.69) is 43.5 Å². The van der Waals surface area contributed by atoms with Crippen LogP contribution in [0.1, 0.15) is 489 Å². The Kier molecular flexibility index (Phi) is 80.3. The minimum Gasteiger partial charge on any atom is -0.466 e. The SMILES string of the molecule is CCCCC/C=C\C/C=C\CCCCCCCC(=O)OCCCCCCCCCCCCCCCCCCCCCCCCCCCCCCCCCCCCCCCC(=O)NC(CO)C(O)CCCCCCCCCCCCCCCCCCCCCCCCC. The lowest BCUT2D eigenvalue weighted by atomic mass is 10.0. The summed E-state index contributed by atoms with van der Waals surface area (Å²) in [6.07, 6.45) is 106. The number of amides is 1. The van der Waals surface area contributed by atoms with E-state index in [0.29, 0.717) is 25.9 Å². The third-order valence-electron chi connectivity index (χ3n) is 20.3. The molecule has 0 heterocycles. The zero-order valence-corrected chi connectivity index (χ0v) is 62.8. The minimum absolute atomic E-state index is 0.0103. The molecule has 0 aromatic heterocycles. The van der Waals surface area contributed by atoms with Gasteiger partial charge in [0.1, 0.15) is 0 Å². The van der Waals surface area contributed by atoms with E-state index in [-0.39, 0.29) is 18.5 Å². The van der Waals surface area contributed by atoms with Crippen molar-refractivity contribution in [3.8, 4) is 0 Å². The standard InChI is InChI=1S/C86H167NO5/c1-3-5-7-9-11-13-15-17-19-20-21-22-38-41-44-47-51-54-58-62-66-70-74-78-84(89)83(82-88)87-85(90)79-75-71-67-63-59-55-52-48-45-42-39-36-34-32-30-28-26-24-23-25-27-29-31-33-35-37-40-43-46-49-53-57-61-65-69-73-77-81-92-86(91)80-76-72-68-64-60-56-50-18-16-14-12-10-8-6-4-2/h12,14,18,50,83-84,88-89H,3-11,13,15-17,19-49,51-82H2,1-2H3,(H,87,90)/b14-12-,50-18-. The van der Waals surface area contributed by atoms with Crippen LogP contribution < -0.4 is 5.32 Å². The molecule has 2 unspecified atom stereocenters. The number of allylic oxidation sites excluding steroid dienone is 4. The molecule has 0 aromatic rings. The van der Waals surface area contributed by atoms with E-state index in [1.165, 1.54) is 405 Å². The molecule has 92 heavy (non-hydrogen) atoms. The number of rotatable bonds is 81. The molecule has 0 radical (unpaired) electrons. The van der Waals surface area contributed by atoms with E-state index < -0.39 is 12.1 Å². The second-order valence-corrected chi connectivity index (χ2v) is 29.5. The summed E-state index contributed by atoms with van der Waals surface area (Å²) in [7, 11) is 0. The van der Waals surface area contributed by atoms with Gasteiger partial charge in [0.15, 0.2) is 0 Å². The maximum atomic E-state index is 12.6. The van der Waals surface area contributed by atoms with Crippen LogP contribution in [0.4, 0.5) is 0 Å². The molecular formula is C86H167NO5. The molecule has 546 valence electrons. The van der Waals surface area contributed by atoms with Gasteiger partial charge in [-0.1, -0.05) is 443 Å². The molecule has 0 aliphatic carbocycles. The Morgan fingerprint density at radius 2 is 0.543 bits per heavy atom. The predicted octanol–water partition coefficient (Wildman–Crippen LogP) is 28.4. The van der Waals surface area contributed by atoms with E-state index in [0.717, 1.165) is 51.4 Å². The topological polar surface area (TPSA) is 95.9 Å². The number of hydrogen-bond donors (Lipinski definition) is 3. The lowest BCUT2D eigenvalue weighted by molar-refractivity contribution is -0.143. The van der Waals surface area contributed by atoms with Crippen molar-refractivity contribution in [3.05, 3.63) is 24.3 Å². The first-order valence-corrected chi connectivity index (χ1v) is 42.6. The van der Waals surface area contributed by atoms with Gasteiger partial charge in [-0.05, 0) is 57.8 Å². The van der Waals surface area contributed by atoms with Crippen molar-refractivity contribution < 1.29 is 24.5 Å². The number of aliphatic hydroxyl groups excluding tert-OH is 2. The molecule has 0 aliphatic heterocycles. The summed E-state index contributed by atoms with van der Waals surface area (Å²) in [5.41, 5.74) is 0. The predicted molar refractivity (Wildman–Crippen MR) is 407 cm³/mol. The van der Waals surface area contributed by atoms with E-state index in [1.807, 2.05) is 0 Å². The Labute approximate surface area is 577 Å². The zero-order chi connectivity index (χ0) is 66.3. The highest BCUT2D eigenvalue weighted by molar-refractivity contribution is 5.76. The molecule has 0 spiro atoms. The summed E-state index contributed by atoms with van der Waals surface area (Å²) >= 11 is 0. The quantitative estimate of drug-likeness (QED) is 0.0320. The number of ether oxygens (including phenoxy) is 1. The Bertz CT molecular complexity index is 1450. The number of hydrogen-bond acceptors (Lipinski definition) is 5. The molecule has 2 atom stereocenters. The molecule has 1 amide bonds. The van der Waals surface area contributed by atoms with Crippen LogP contribution in [0.25, 0.3) is 0 Å². The third kappa shape index (κ3) is 77.3. The Morgan fingerprint density at radius 1 is 0.304 bits per heavy atom. The molecule has 3 N–H and O–H groups in total. The summed E-state index contributed by atoms with van der Waals surface area (Å²) in [6.45, 7) is 4.98. The Balaban J connectivity index is 3.31. The first-order chi connectivity index (χ1) is 45.5. The number of carbonyl (C=O) groups is 2. The van der Waals surface area contributed by atoms with Gasteiger partial charge in [0.2, 0.25) is 5.91 Å². The van der Waals surface area contributed by atoms with Crippen LogP contribution in [0.5, 0.6) is 0 Å². The normalized spacial score (nSPS) is 12.5. The molecule has 0 aromatic carbocycles. The summed E-state index contributed by atoms with van der Waals surface area (Å²) in [5.74, 6) is -0.0128. The summed E-state index contributed by atoms with van der Waals surface area (Å²) in [5, 5.41) is 23.5. The number of carbonyl (C=O) groups excluding carboxylic acids is 2. The Morgan fingerprint density at radius 3 is 0.848 bits per heavy atom. The van der Waals surface area contributed by atoms with Crippen LogP contribution in [0.3, 0.4) is 0 Å². The molecule has 6 heteroatoms. The lowest BCUT2D eigenvalue weighted by Gasteiger charge is -2.22. The molecule has 0 saturated heterocycles. The van der Waals surface area contributed by atoms with Crippen LogP contribution in [0.2, 0.25) is 0 Å². The van der Waals surface area contributed by atoms with Crippen molar-refractivity contribution in [2.75, 3.05) is 13.2 Å². The summed E-state index contributed by atoms with van der Waals surface area (Å²) in [4.78, 5) is 24.7. The smallest absolute Gasteiger partial charge is 0.305 e. The van der Waals surface area contributed by atoms with Crippen molar-refractivity contribution in [2.45, 2.75) is 501 Å². The van der Waals surface area contributed by atoms with Gasteiger partial charge in [-0.3, -0.25) is 9.59 Å². The summed E-state index contributed by atoms with van der Waals surface area (Å²) < 4.78 is 5.50. The fourth-order valence-electron chi connectivity index (χ4n) is 13.8. The van der Waals surface area contributed by atoms with Crippen molar-refractivity contribution in [2.24, 2.45) is 0 Å². The number of esters is 1. The van der Waals surface area contributed by atoms with Crippen molar-refractivity contribution in [1.29, 1.82) is 0 Å². The van der Waals surface area contributed by atoms with Crippen molar-refractivity contribution in [1.82, 2.24) is 5.32 Å². The van der Waals surface area contributed by atoms with Crippen LogP contribution in [0.15, 0.2) is 24.3 Å². The van der Waals surface area contributed by atoms with E-state index in [9.17, 15) is 19.8 Å². The average molecular weight is 1300 g/mol. The fourth-order valence-corrected chi connectivity index (χ4v) is 13.8. The third-order valence-corrected chi connectivity index (χ3v) is 20.3. The fraction of sp³-hybridized carbons (Fsp3) is 0.930. The highest BCUT2D eigenvalue weighted by Crippen LogP contribution is 2.21. The zero-order valence-electron chi connectivity index (χ0n) is 62.8. The van der Waals surface area contributed by atoms with Crippen LogP contribution in [-0.4, -0.2) is 47.4 Å². The molecule has 0 aliphatic rings. The lowest BCUT2D eigenvalue weighted by Crippen LogP contribution is -2.45. The first-order valence-electron chi connectivity index (χ1n) is 42.6. The highest BCUT2D eigenvalue weighted by atomic mass is 16.5. The Hall–Kier alpha value is -1.66. The molecule has 6 nitrogen and oxygen atoms in total. The molecule has 0 rings (SSSR count). The van der Waals surface area contributed by atoms with Gasteiger partial charge in [-0.25, -0.2) is 0 Å². The van der Waals surface area contributed by atoms with Gasteiger partial charge in [0.05, 0.1) is 25.4 Å². The van der Waals surface area contributed by atoms with E-state index in [1.54, 1.807) is 0 Å². The molecule has 0 saturated carbocycles. The number of unbranched alkanes of at least 4 members (excludes halogenated alkanes) is 66. The van der Waals surface area contributed by atoms with Gasteiger partial charge < -0.3 is 20.3 Å². The number of aliphatic hydroxyl groups is 2. The van der Waals surface area contributed by atoms with Crippen LogP contribution in [0, 0.1) is 0 Å². The van der Waals surface area contributed by atoms with E-state index in [4.69, 9.17) is 4.74 Å². The van der Waals surface area contributed by atoms with Gasteiger partial charge in [0, 0.05) is 12.8 Å². The van der Waals surface area contributed by atoms with Crippen molar-refractivity contribution in [3.63, 3.8) is 0 Å². The largest absolute Gasteiger partial charge is 0.466 e. The average Bonchev–Trinajstić information content (AvgIpc) is 3.62. The minimum atomic E-state index is -0.661. The van der Waals surface area contributed by atoms with Crippen molar-refractivity contribution >= 4 is 11.9 Å². The maximum absolute atomic E-state index is 12.6. The van der Waals surface area contributed by atoms with Gasteiger partial charge in [-0.2, -0.15) is 0 Å². The second kappa shape index (κ2) is 81.8. The van der Waals surface area contributed by atoms with Gasteiger partial charge in [0.25, 0.3) is 0 Å². The first kappa shape index (κ1) is 90.3. The summed E-state index contributed by atoms with van der Waals surface area (Å²) in [6, 6.07) is -0.538. The highest BCUT2D eigenvalue weighted by Gasteiger charge is 2.20. The van der Waals surface area contributed by atoms with Gasteiger partial charge in [-0.15, -0.1) is 0 Å². The van der Waals surface area contributed by atoms with Crippen LogP contribution >= 0.6 is 0 Å². The van der Waals surface area contributed by atoms with Gasteiger partial charge >= 0.3 is 5.97 Å². The second-order valence-electron chi connectivity index (χ2n) is 29.5. The monoisotopic (exact) mass is 1290 g/mol. The number of nitrogens with one attached hydrogen (secondary N) is 1. The molecule has 0 fully saturated rings. The van der Waals surface area contributed by atoms with E-state index >= 15 is 0 Å². The molecular weight excluding hydrogens is 1130 g/mol.